The van der Waals surface area contributed by atoms with E-state index in [2.05, 4.69) is 34.5 Å². The van der Waals surface area contributed by atoms with Gasteiger partial charge in [0.25, 0.3) is 0 Å². The van der Waals surface area contributed by atoms with Gasteiger partial charge in [-0.3, -0.25) is 9.69 Å². The van der Waals surface area contributed by atoms with E-state index in [0.717, 1.165) is 19.5 Å². The van der Waals surface area contributed by atoms with Crippen molar-refractivity contribution in [2.24, 2.45) is 5.73 Å². The highest BCUT2D eigenvalue weighted by molar-refractivity contribution is 5.78. The molecule has 0 spiro atoms. The number of hydrogen-bond acceptors (Lipinski definition) is 3. The number of rotatable bonds is 9. The fourth-order valence-electron chi connectivity index (χ4n) is 2.55. The summed E-state index contributed by atoms with van der Waals surface area (Å²) in [7, 11) is 0. The van der Waals surface area contributed by atoms with Gasteiger partial charge in [-0.15, -0.1) is 0 Å². The minimum atomic E-state index is 0.0440. The van der Waals surface area contributed by atoms with Gasteiger partial charge in [-0.25, -0.2) is 0 Å². The van der Waals surface area contributed by atoms with Crippen LogP contribution >= 0.6 is 0 Å². The number of carbonyl (C=O) groups is 1. The third-order valence-electron chi connectivity index (χ3n) is 3.79. The molecule has 3 N–H and O–H groups in total. The second-order valence-corrected chi connectivity index (χ2v) is 6.23. The van der Waals surface area contributed by atoms with Crippen LogP contribution < -0.4 is 11.1 Å². The molecule has 1 atom stereocenters. The van der Waals surface area contributed by atoms with E-state index in [1.165, 1.54) is 11.1 Å². The first-order valence-corrected chi connectivity index (χ1v) is 8.46. The van der Waals surface area contributed by atoms with Crippen molar-refractivity contribution < 1.29 is 4.79 Å². The Labute approximate surface area is 144 Å². The van der Waals surface area contributed by atoms with E-state index in [4.69, 9.17) is 5.73 Å². The van der Waals surface area contributed by atoms with Gasteiger partial charge in [0.1, 0.15) is 0 Å². The monoisotopic (exact) mass is 325 g/mol. The first kappa shape index (κ1) is 18.2. The van der Waals surface area contributed by atoms with Crippen molar-refractivity contribution >= 4 is 5.91 Å². The zero-order valence-electron chi connectivity index (χ0n) is 14.3. The normalized spacial score (nSPS) is 12.1. The summed E-state index contributed by atoms with van der Waals surface area (Å²) < 4.78 is 0. The van der Waals surface area contributed by atoms with E-state index >= 15 is 0 Å². The summed E-state index contributed by atoms with van der Waals surface area (Å²) in [5.41, 5.74) is 8.13. The molecule has 4 nitrogen and oxygen atoms in total. The van der Waals surface area contributed by atoms with Crippen molar-refractivity contribution in [3.63, 3.8) is 0 Å². The van der Waals surface area contributed by atoms with Crippen LogP contribution in [0, 0.1) is 0 Å². The summed E-state index contributed by atoms with van der Waals surface area (Å²) in [6.07, 6.45) is 0.795. The number of amides is 1. The lowest BCUT2D eigenvalue weighted by Gasteiger charge is -2.22. The minimum absolute atomic E-state index is 0.0440. The van der Waals surface area contributed by atoms with E-state index in [-0.39, 0.29) is 11.9 Å². The fraction of sp³-hybridized carbons (Fsp3) is 0.350. The van der Waals surface area contributed by atoms with Crippen molar-refractivity contribution in [3.8, 4) is 0 Å². The molecule has 0 fully saturated rings. The molecule has 24 heavy (non-hydrogen) atoms. The van der Waals surface area contributed by atoms with Crippen LogP contribution in [0.15, 0.2) is 60.7 Å². The van der Waals surface area contributed by atoms with Crippen LogP contribution in [0.2, 0.25) is 0 Å². The standard InChI is InChI=1S/C20H27N3O/c1-17(21)12-13-22-20(24)16-23(14-18-8-4-2-5-9-18)15-19-10-6-3-7-11-19/h2-11,17H,12-16,21H2,1H3,(H,22,24). The lowest BCUT2D eigenvalue weighted by atomic mass is 10.1. The van der Waals surface area contributed by atoms with Gasteiger partial charge in [0, 0.05) is 25.7 Å². The predicted octanol–water partition coefficient (Wildman–Crippen LogP) is 2.54. The van der Waals surface area contributed by atoms with Crippen LogP contribution in [0.5, 0.6) is 0 Å². The molecule has 2 rings (SSSR count). The third-order valence-corrected chi connectivity index (χ3v) is 3.79. The van der Waals surface area contributed by atoms with Crippen molar-refractivity contribution in [1.82, 2.24) is 10.2 Å². The average Bonchev–Trinajstić information content (AvgIpc) is 2.56. The molecule has 0 bridgehead atoms. The van der Waals surface area contributed by atoms with Crippen LogP contribution in [0.1, 0.15) is 24.5 Å². The SMILES string of the molecule is CC(N)CCNC(=O)CN(Cc1ccccc1)Cc1ccccc1. The highest BCUT2D eigenvalue weighted by Gasteiger charge is 2.12. The summed E-state index contributed by atoms with van der Waals surface area (Å²) in [5, 5.41) is 2.96. The Morgan fingerprint density at radius 3 is 1.96 bits per heavy atom. The highest BCUT2D eigenvalue weighted by Crippen LogP contribution is 2.09. The molecule has 0 aliphatic carbocycles. The van der Waals surface area contributed by atoms with E-state index < -0.39 is 0 Å². The van der Waals surface area contributed by atoms with Crippen LogP contribution in [0.4, 0.5) is 0 Å². The summed E-state index contributed by atoms with van der Waals surface area (Å²) in [4.78, 5) is 14.4. The molecule has 2 aromatic carbocycles. The molecule has 1 unspecified atom stereocenters. The molecule has 1 amide bonds. The maximum atomic E-state index is 12.2. The fourth-order valence-corrected chi connectivity index (χ4v) is 2.55. The Kier molecular flexibility index (Phi) is 7.46. The topological polar surface area (TPSA) is 58.4 Å². The molecule has 0 radical (unpaired) electrons. The van der Waals surface area contributed by atoms with Gasteiger partial charge in [-0.05, 0) is 24.5 Å². The molecular formula is C20H27N3O. The lowest BCUT2D eigenvalue weighted by molar-refractivity contribution is -0.122. The highest BCUT2D eigenvalue weighted by atomic mass is 16.2. The second-order valence-electron chi connectivity index (χ2n) is 6.23. The van der Waals surface area contributed by atoms with Crippen molar-refractivity contribution in [2.75, 3.05) is 13.1 Å². The van der Waals surface area contributed by atoms with Crippen LogP contribution in [0.3, 0.4) is 0 Å². The maximum Gasteiger partial charge on any atom is 0.234 e. The second kappa shape index (κ2) is 9.85. The summed E-state index contributed by atoms with van der Waals surface area (Å²) in [6, 6.07) is 20.6. The molecule has 0 heterocycles. The molecule has 0 aromatic heterocycles. The van der Waals surface area contributed by atoms with Gasteiger partial charge in [0.05, 0.1) is 6.54 Å². The number of hydrogen-bond donors (Lipinski definition) is 2. The van der Waals surface area contributed by atoms with Crippen LogP contribution in [0.25, 0.3) is 0 Å². The molecular weight excluding hydrogens is 298 g/mol. The van der Waals surface area contributed by atoms with Crippen molar-refractivity contribution in [3.05, 3.63) is 71.8 Å². The molecule has 4 heteroatoms. The van der Waals surface area contributed by atoms with Gasteiger partial charge >= 0.3 is 0 Å². The molecule has 0 aliphatic heterocycles. The van der Waals surface area contributed by atoms with E-state index in [1.807, 2.05) is 43.3 Å². The lowest BCUT2D eigenvalue weighted by Crippen LogP contribution is -2.38. The number of carbonyl (C=O) groups excluding carboxylic acids is 1. The Hall–Kier alpha value is -2.17. The van der Waals surface area contributed by atoms with E-state index in [1.54, 1.807) is 0 Å². The van der Waals surface area contributed by atoms with Crippen LogP contribution in [-0.4, -0.2) is 29.9 Å². The Balaban J connectivity index is 1.95. The summed E-state index contributed by atoms with van der Waals surface area (Å²) in [6.45, 7) is 4.44. The smallest absolute Gasteiger partial charge is 0.234 e. The Morgan fingerprint density at radius 2 is 1.50 bits per heavy atom. The van der Waals surface area contributed by atoms with Gasteiger partial charge in [0.2, 0.25) is 5.91 Å². The zero-order chi connectivity index (χ0) is 17.2. The Morgan fingerprint density at radius 1 is 1.00 bits per heavy atom. The van der Waals surface area contributed by atoms with Gasteiger partial charge in [0.15, 0.2) is 0 Å². The number of nitrogens with one attached hydrogen (secondary N) is 1. The van der Waals surface area contributed by atoms with Gasteiger partial charge in [-0.2, -0.15) is 0 Å². The summed E-state index contributed by atoms with van der Waals surface area (Å²) >= 11 is 0. The van der Waals surface area contributed by atoms with Crippen molar-refractivity contribution in [2.45, 2.75) is 32.5 Å². The first-order valence-electron chi connectivity index (χ1n) is 8.46. The van der Waals surface area contributed by atoms with Gasteiger partial charge in [-0.1, -0.05) is 60.7 Å². The van der Waals surface area contributed by atoms with E-state index in [0.29, 0.717) is 13.1 Å². The van der Waals surface area contributed by atoms with Crippen LogP contribution in [-0.2, 0) is 17.9 Å². The minimum Gasteiger partial charge on any atom is -0.355 e. The van der Waals surface area contributed by atoms with Gasteiger partial charge < -0.3 is 11.1 Å². The molecule has 2 aromatic rings. The van der Waals surface area contributed by atoms with E-state index in [9.17, 15) is 4.79 Å². The largest absolute Gasteiger partial charge is 0.355 e. The molecule has 0 aliphatic rings. The maximum absolute atomic E-state index is 12.2. The quantitative estimate of drug-likeness (QED) is 0.745. The first-order chi connectivity index (χ1) is 11.6. The predicted molar refractivity (Wildman–Crippen MR) is 98.3 cm³/mol. The number of nitrogens with two attached hydrogens (primary N) is 1. The number of nitrogens with zero attached hydrogens (tertiary/aromatic N) is 1. The average molecular weight is 325 g/mol. The third kappa shape index (κ3) is 6.94. The molecule has 0 saturated carbocycles. The molecule has 128 valence electrons. The van der Waals surface area contributed by atoms with Crippen molar-refractivity contribution in [1.29, 1.82) is 0 Å². The number of benzene rings is 2. The zero-order valence-corrected chi connectivity index (χ0v) is 14.3. The molecule has 0 saturated heterocycles. The Bertz CT molecular complexity index is 557. The summed E-state index contributed by atoms with van der Waals surface area (Å²) in [5.74, 6) is 0.0440.